The number of benzene rings is 1. The van der Waals surface area contributed by atoms with Crippen molar-refractivity contribution in [1.29, 1.82) is 0 Å². The van der Waals surface area contributed by atoms with Gasteiger partial charge in [-0.2, -0.15) is 5.01 Å². The van der Waals surface area contributed by atoms with Gasteiger partial charge in [0.05, 0.1) is 19.8 Å². The third-order valence-corrected chi connectivity index (χ3v) is 4.05. The number of hydrogen-bond acceptors (Lipinski definition) is 6. The van der Waals surface area contributed by atoms with Crippen LogP contribution in [0.1, 0.15) is 24.3 Å². The molecule has 1 aliphatic heterocycles. The fraction of sp³-hybridized carbons (Fsp3) is 0.235. The molecule has 7 nitrogen and oxygen atoms in total. The number of pyridine rings is 1. The molecule has 0 fully saturated rings. The van der Waals surface area contributed by atoms with Gasteiger partial charge in [-0.15, -0.1) is 5.10 Å². The van der Waals surface area contributed by atoms with Crippen LogP contribution in [0, 0.1) is 0 Å². The highest BCUT2D eigenvalue weighted by atomic mass is 79.9. The average molecular weight is 406 g/mol. The van der Waals surface area contributed by atoms with E-state index in [0.29, 0.717) is 28.5 Å². The van der Waals surface area contributed by atoms with Crippen molar-refractivity contribution in [2.24, 2.45) is 5.10 Å². The van der Waals surface area contributed by atoms with Crippen LogP contribution >= 0.6 is 15.9 Å². The molecule has 1 aromatic heterocycles. The normalized spacial score (nSPS) is 16.2. The summed E-state index contributed by atoms with van der Waals surface area (Å²) in [6.07, 6.45) is 2.60. The van der Waals surface area contributed by atoms with Crippen molar-refractivity contribution in [3.63, 3.8) is 0 Å². The van der Waals surface area contributed by atoms with Crippen molar-refractivity contribution in [3.8, 4) is 11.5 Å². The van der Waals surface area contributed by atoms with Gasteiger partial charge in [-0.05, 0) is 34.1 Å². The highest BCUT2D eigenvalue weighted by Gasteiger charge is 2.34. The Labute approximate surface area is 153 Å². The van der Waals surface area contributed by atoms with Crippen molar-refractivity contribution in [1.82, 2.24) is 9.99 Å². The standard InChI is InChI=1S/C17H16BrN3O4/c1-10(22)21-17(11-6-12(18)9-19-8-11)25-16(20-21)14-5-4-13(23-2)7-15(14)24-3/h4-9,17H,1-3H3/t17-/m1/s1. The topological polar surface area (TPSA) is 73.2 Å². The number of methoxy groups -OCH3 is 2. The van der Waals surface area contributed by atoms with Gasteiger partial charge in [0.1, 0.15) is 11.5 Å². The van der Waals surface area contributed by atoms with Gasteiger partial charge in [0.25, 0.3) is 0 Å². The Bertz CT molecular complexity index is 840. The van der Waals surface area contributed by atoms with Crippen LogP contribution in [-0.2, 0) is 9.53 Å². The first kappa shape index (κ1) is 17.2. The summed E-state index contributed by atoms with van der Waals surface area (Å²) in [5, 5.41) is 5.60. The van der Waals surface area contributed by atoms with Crippen molar-refractivity contribution in [2.45, 2.75) is 13.2 Å². The van der Waals surface area contributed by atoms with E-state index in [2.05, 4.69) is 26.0 Å². The highest BCUT2D eigenvalue weighted by molar-refractivity contribution is 9.10. The number of hydrogen-bond donors (Lipinski definition) is 0. The predicted octanol–water partition coefficient (Wildman–Crippen LogP) is 3.10. The molecule has 8 heteroatoms. The number of hydrazone groups is 1. The molecule has 0 radical (unpaired) electrons. The Hall–Kier alpha value is -2.61. The summed E-state index contributed by atoms with van der Waals surface area (Å²) in [5.41, 5.74) is 1.33. The maximum absolute atomic E-state index is 12.0. The molecule has 0 bridgehead atoms. The number of carbonyl (C=O) groups is 1. The minimum Gasteiger partial charge on any atom is -0.497 e. The Morgan fingerprint density at radius 1 is 1.24 bits per heavy atom. The second-order valence-electron chi connectivity index (χ2n) is 5.24. The molecule has 3 rings (SSSR count). The van der Waals surface area contributed by atoms with Gasteiger partial charge in [-0.3, -0.25) is 9.78 Å². The molecule has 1 atom stereocenters. The van der Waals surface area contributed by atoms with Crippen LogP contribution in [0.4, 0.5) is 0 Å². The van der Waals surface area contributed by atoms with E-state index in [1.54, 1.807) is 44.8 Å². The molecule has 2 heterocycles. The Morgan fingerprint density at radius 2 is 2.04 bits per heavy atom. The molecular weight excluding hydrogens is 390 g/mol. The first-order valence-corrected chi connectivity index (χ1v) is 8.20. The molecule has 0 saturated heterocycles. The van der Waals surface area contributed by atoms with E-state index in [1.165, 1.54) is 11.9 Å². The molecule has 0 unspecified atom stereocenters. The van der Waals surface area contributed by atoms with E-state index in [4.69, 9.17) is 14.2 Å². The third-order valence-electron chi connectivity index (χ3n) is 3.62. The number of rotatable bonds is 4. The Morgan fingerprint density at radius 3 is 2.68 bits per heavy atom. The maximum Gasteiger partial charge on any atom is 0.244 e. The molecular formula is C17H16BrN3O4. The first-order chi connectivity index (χ1) is 12.0. The summed E-state index contributed by atoms with van der Waals surface area (Å²) in [4.78, 5) is 16.1. The van der Waals surface area contributed by atoms with Gasteiger partial charge < -0.3 is 14.2 Å². The fourth-order valence-corrected chi connectivity index (χ4v) is 2.81. The minimum absolute atomic E-state index is 0.243. The van der Waals surface area contributed by atoms with Gasteiger partial charge in [0, 0.05) is 35.4 Å². The molecule has 0 N–H and O–H groups in total. The second-order valence-corrected chi connectivity index (χ2v) is 6.16. The monoisotopic (exact) mass is 405 g/mol. The van der Waals surface area contributed by atoms with Gasteiger partial charge in [0.2, 0.25) is 18.0 Å². The maximum atomic E-state index is 12.0. The fourth-order valence-electron chi connectivity index (χ4n) is 2.43. The Kier molecular flexibility index (Phi) is 4.89. The third kappa shape index (κ3) is 3.43. The number of nitrogens with zero attached hydrogens (tertiary/aromatic N) is 3. The smallest absolute Gasteiger partial charge is 0.244 e. The van der Waals surface area contributed by atoms with Crippen LogP contribution < -0.4 is 9.47 Å². The molecule has 1 amide bonds. The lowest BCUT2D eigenvalue weighted by Crippen LogP contribution is -2.25. The van der Waals surface area contributed by atoms with Crippen molar-refractivity contribution in [2.75, 3.05) is 14.2 Å². The van der Waals surface area contributed by atoms with Crippen molar-refractivity contribution < 1.29 is 19.0 Å². The van der Waals surface area contributed by atoms with Gasteiger partial charge >= 0.3 is 0 Å². The number of halogens is 1. The number of carbonyl (C=O) groups excluding carboxylic acids is 1. The predicted molar refractivity (Wildman–Crippen MR) is 94.4 cm³/mol. The summed E-state index contributed by atoms with van der Waals surface area (Å²) in [7, 11) is 3.12. The number of ether oxygens (including phenoxy) is 3. The minimum atomic E-state index is -0.690. The highest BCUT2D eigenvalue weighted by Crippen LogP contribution is 2.34. The van der Waals surface area contributed by atoms with Crippen LogP contribution in [0.3, 0.4) is 0 Å². The molecule has 0 aliphatic carbocycles. The van der Waals surface area contributed by atoms with Crippen molar-refractivity contribution >= 4 is 27.7 Å². The van der Waals surface area contributed by atoms with Crippen LogP contribution in [0.5, 0.6) is 11.5 Å². The number of aromatic nitrogens is 1. The quantitative estimate of drug-likeness (QED) is 0.780. The van der Waals surface area contributed by atoms with E-state index in [-0.39, 0.29) is 5.91 Å². The first-order valence-electron chi connectivity index (χ1n) is 7.41. The average Bonchev–Trinajstić information content (AvgIpc) is 3.06. The van der Waals surface area contributed by atoms with Gasteiger partial charge in [0.15, 0.2) is 0 Å². The van der Waals surface area contributed by atoms with Crippen LogP contribution in [0.15, 0.2) is 46.2 Å². The lowest BCUT2D eigenvalue weighted by Gasteiger charge is -2.19. The summed E-state index contributed by atoms with van der Waals surface area (Å²) in [6, 6.07) is 7.11. The van der Waals surface area contributed by atoms with Crippen LogP contribution in [0.2, 0.25) is 0 Å². The lowest BCUT2D eigenvalue weighted by atomic mass is 10.2. The Balaban J connectivity index is 1.99. The zero-order valence-corrected chi connectivity index (χ0v) is 15.5. The van der Waals surface area contributed by atoms with E-state index in [0.717, 1.165) is 4.47 Å². The van der Waals surface area contributed by atoms with Crippen LogP contribution in [0.25, 0.3) is 0 Å². The summed E-state index contributed by atoms with van der Waals surface area (Å²) < 4.78 is 17.3. The molecule has 1 aliphatic rings. The van der Waals surface area contributed by atoms with E-state index in [9.17, 15) is 4.79 Å². The number of amides is 1. The van der Waals surface area contributed by atoms with Gasteiger partial charge in [-0.1, -0.05) is 0 Å². The van der Waals surface area contributed by atoms with E-state index >= 15 is 0 Å². The van der Waals surface area contributed by atoms with E-state index < -0.39 is 6.23 Å². The molecule has 0 spiro atoms. The largest absolute Gasteiger partial charge is 0.497 e. The van der Waals surface area contributed by atoms with Crippen molar-refractivity contribution in [3.05, 3.63) is 52.3 Å². The second kappa shape index (κ2) is 7.10. The van der Waals surface area contributed by atoms with Gasteiger partial charge in [-0.25, -0.2) is 0 Å². The molecule has 2 aromatic rings. The lowest BCUT2D eigenvalue weighted by molar-refractivity contribution is -0.135. The van der Waals surface area contributed by atoms with Crippen LogP contribution in [-0.4, -0.2) is 36.0 Å². The summed E-state index contributed by atoms with van der Waals surface area (Å²) >= 11 is 3.37. The summed E-state index contributed by atoms with van der Waals surface area (Å²) in [6.45, 7) is 1.43. The molecule has 0 saturated carbocycles. The SMILES string of the molecule is COc1ccc(C2=NN(C(C)=O)[C@@H](c3cncc(Br)c3)O2)c(OC)c1. The molecule has 1 aromatic carbocycles. The molecule has 130 valence electrons. The zero-order valence-electron chi connectivity index (χ0n) is 13.9. The molecule has 25 heavy (non-hydrogen) atoms. The summed E-state index contributed by atoms with van der Waals surface area (Å²) in [5.74, 6) is 1.23. The zero-order chi connectivity index (χ0) is 18.0. The van der Waals surface area contributed by atoms with E-state index in [1.807, 2.05) is 6.07 Å².